The quantitative estimate of drug-likeness (QED) is 0.887. The van der Waals surface area contributed by atoms with E-state index in [9.17, 15) is 4.79 Å². The number of piperidine rings is 1. The Bertz CT molecular complexity index is 522. The smallest absolute Gasteiger partial charge is 0.271 e. The molecule has 3 rings (SSSR count). The van der Waals surface area contributed by atoms with Gasteiger partial charge < -0.3 is 15.4 Å². The summed E-state index contributed by atoms with van der Waals surface area (Å²) in [6.07, 6.45) is 6.20. The molecule has 1 amide bonds. The second kappa shape index (κ2) is 7.45. The standard InChI is InChI=1S/C17H28N4O2/c1-12(2)16-10-13(6-9-23-16)19-17(22)15-5-8-21(20-15)14-4-3-7-18-11-14/h5,8,12-14,16,18H,3-4,6-7,9-11H2,1-2H3,(H,19,22). The highest BCUT2D eigenvalue weighted by atomic mass is 16.5. The van der Waals surface area contributed by atoms with Crippen molar-refractivity contribution in [3.8, 4) is 0 Å². The topological polar surface area (TPSA) is 68.2 Å². The van der Waals surface area contributed by atoms with Gasteiger partial charge in [-0.3, -0.25) is 9.48 Å². The highest BCUT2D eigenvalue weighted by Crippen LogP contribution is 2.21. The first-order valence-corrected chi connectivity index (χ1v) is 8.82. The van der Waals surface area contributed by atoms with Gasteiger partial charge in [-0.15, -0.1) is 0 Å². The van der Waals surface area contributed by atoms with Gasteiger partial charge >= 0.3 is 0 Å². The Kier molecular flexibility index (Phi) is 5.33. The molecule has 0 saturated carbocycles. The summed E-state index contributed by atoms with van der Waals surface area (Å²) in [4.78, 5) is 12.4. The summed E-state index contributed by atoms with van der Waals surface area (Å²) in [5.74, 6) is 0.412. The van der Waals surface area contributed by atoms with Crippen LogP contribution in [0.5, 0.6) is 0 Å². The zero-order valence-electron chi connectivity index (χ0n) is 14.1. The lowest BCUT2D eigenvalue weighted by molar-refractivity contribution is -0.0233. The molecule has 6 nitrogen and oxygen atoms in total. The molecule has 2 N–H and O–H groups in total. The lowest BCUT2D eigenvalue weighted by atomic mass is 9.95. The first kappa shape index (κ1) is 16.5. The number of nitrogens with one attached hydrogen (secondary N) is 2. The number of amides is 1. The molecule has 0 aliphatic carbocycles. The Hall–Kier alpha value is -1.40. The van der Waals surface area contributed by atoms with Crippen molar-refractivity contribution in [1.82, 2.24) is 20.4 Å². The molecular formula is C17H28N4O2. The highest BCUT2D eigenvalue weighted by molar-refractivity contribution is 5.92. The van der Waals surface area contributed by atoms with Crippen LogP contribution >= 0.6 is 0 Å². The second-order valence-electron chi connectivity index (χ2n) is 7.03. The Morgan fingerprint density at radius 3 is 3.09 bits per heavy atom. The van der Waals surface area contributed by atoms with E-state index in [0.29, 0.717) is 17.7 Å². The minimum atomic E-state index is -0.0677. The van der Waals surface area contributed by atoms with Crippen LogP contribution in [0.25, 0.3) is 0 Å². The van der Waals surface area contributed by atoms with Gasteiger partial charge in [-0.05, 0) is 44.2 Å². The number of aromatic nitrogens is 2. The SMILES string of the molecule is CC(C)C1CC(NC(=O)c2ccn(C3CCCNC3)n2)CCO1. The first-order chi connectivity index (χ1) is 11.1. The summed E-state index contributed by atoms with van der Waals surface area (Å²) < 4.78 is 7.69. The fourth-order valence-corrected chi connectivity index (χ4v) is 3.40. The summed E-state index contributed by atoms with van der Waals surface area (Å²) in [5, 5.41) is 11.0. The van der Waals surface area contributed by atoms with Gasteiger partial charge in [-0.25, -0.2) is 0 Å². The minimum Gasteiger partial charge on any atom is -0.378 e. The summed E-state index contributed by atoms with van der Waals surface area (Å²) in [5.41, 5.74) is 0.517. The van der Waals surface area contributed by atoms with Crippen molar-refractivity contribution in [3.63, 3.8) is 0 Å². The number of carbonyl (C=O) groups excluding carboxylic acids is 1. The molecular weight excluding hydrogens is 292 g/mol. The average Bonchev–Trinajstić information content (AvgIpc) is 3.06. The Morgan fingerprint density at radius 2 is 2.35 bits per heavy atom. The number of carbonyl (C=O) groups is 1. The van der Waals surface area contributed by atoms with Gasteiger partial charge in [0.2, 0.25) is 0 Å². The van der Waals surface area contributed by atoms with E-state index < -0.39 is 0 Å². The van der Waals surface area contributed by atoms with Crippen LogP contribution in [0.2, 0.25) is 0 Å². The zero-order chi connectivity index (χ0) is 16.2. The molecule has 0 radical (unpaired) electrons. The normalized spacial score (nSPS) is 28.7. The van der Waals surface area contributed by atoms with E-state index in [1.807, 2.05) is 16.9 Å². The Balaban J connectivity index is 1.57. The molecule has 1 aromatic rings. The van der Waals surface area contributed by atoms with Crippen LogP contribution in [0.15, 0.2) is 12.3 Å². The molecule has 2 fully saturated rings. The molecule has 2 aliphatic rings. The molecule has 2 aliphatic heterocycles. The van der Waals surface area contributed by atoms with Gasteiger partial charge in [-0.1, -0.05) is 13.8 Å². The van der Waals surface area contributed by atoms with E-state index in [1.165, 1.54) is 0 Å². The third kappa shape index (κ3) is 4.12. The predicted molar refractivity (Wildman–Crippen MR) is 88.4 cm³/mol. The maximum atomic E-state index is 12.4. The lowest BCUT2D eigenvalue weighted by Gasteiger charge is -2.32. The van der Waals surface area contributed by atoms with Crippen LogP contribution in [0.3, 0.4) is 0 Å². The molecule has 3 heterocycles. The van der Waals surface area contributed by atoms with Crippen LogP contribution in [0.4, 0.5) is 0 Å². The average molecular weight is 320 g/mol. The molecule has 2 saturated heterocycles. The lowest BCUT2D eigenvalue weighted by Crippen LogP contribution is -2.43. The van der Waals surface area contributed by atoms with Crippen LogP contribution in [-0.2, 0) is 4.74 Å². The summed E-state index contributed by atoms with van der Waals surface area (Å²) >= 11 is 0. The molecule has 1 aromatic heterocycles. The van der Waals surface area contributed by atoms with Crippen molar-refractivity contribution in [1.29, 1.82) is 0 Å². The van der Waals surface area contributed by atoms with Gasteiger partial charge in [0.05, 0.1) is 12.1 Å². The summed E-state index contributed by atoms with van der Waals surface area (Å²) in [6.45, 7) is 7.05. The minimum absolute atomic E-state index is 0.0677. The third-order valence-electron chi connectivity index (χ3n) is 4.88. The number of nitrogens with zero attached hydrogens (tertiary/aromatic N) is 2. The maximum Gasteiger partial charge on any atom is 0.271 e. The number of rotatable bonds is 4. The number of hydrogen-bond donors (Lipinski definition) is 2. The Labute approximate surface area is 138 Å². The van der Waals surface area contributed by atoms with E-state index in [-0.39, 0.29) is 18.1 Å². The van der Waals surface area contributed by atoms with Crippen molar-refractivity contribution in [2.45, 2.75) is 57.7 Å². The summed E-state index contributed by atoms with van der Waals surface area (Å²) in [7, 11) is 0. The third-order valence-corrected chi connectivity index (χ3v) is 4.88. The van der Waals surface area contributed by atoms with Gasteiger partial charge in [0.1, 0.15) is 5.69 Å². The monoisotopic (exact) mass is 320 g/mol. The predicted octanol–water partition coefficient (Wildman–Crippen LogP) is 1.74. The highest BCUT2D eigenvalue weighted by Gasteiger charge is 2.27. The molecule has 0 aromatic carbocycles. The van der Waals surface area contributed by atoms with Gasteiger partial charge in [0, 0.05) is 25.4 Å². The van der Waals surface area contributed by atoms with E-state index in [4.69, 9.17) is 4.74 Å². The summed E-state index contributed by atoms with van der Waals surface area (Å²) in [6, 6.07) is 2.37. The largest absolute Gasteiger partial charge is 0.378 e. The van der Waals surface area contributed by atoms with Gasteiger partial charge in [-0.2, -0.15) is 5.10 Å². The van der Waals surface area contributed by atoms with Crippen molar-refractivity contribution in [3.05, 3.63) is 18.0 Å². The molecule has 128 valence electrons. The molecule has 0 spiro atoms. The second-order valence-corrected chi connectivity index (χ2v) is 7.03. The molecule has 3 unspecified atom stereocenters. The zero-order valence-corrected chi connectivity index (χ0v) is 14.1. The van der Waals surface area contributed by atoms with E-state index in [1.54, 1.807) is 0 Å². The van der Waals surface area contributed by atoms with Crippen molar-refractivity contribution in [2.24, 2.45) is 5.92 Å². The van der Waals surface area contributed by atoms with Crippen LogP contribution in [0.1, 0.15) is 56.1 Å². The van der Waals surface area contributed by atoms with E-state index in [2.05, 4.69) is 29.6 Å². The number of hydrogen-bond acceptors (Lipinski definition) is 4. The van der Waals surface area contributed by atoms with Crippen LogP contribution < -0.4 is 10.6 Å². The van der Waals surface area contributed by atoms with Crippen LogP contribution in [0, 0.1) is 5.92 Å². The molecule has 23 heavy (non-hydrogen) atoms. The van der Waals surface area contributed by atoms with Crippen molar-refractivity contribution < 1.29 is 9.53 Å². The first-order valence-electron chi connectivity index (χ1n) is 8.82. The number of ether oxygens (including phenoxy) is 1. The maximum absolute atomic E-state index is 12.4. The fraction of sp³-hybridized carbons (Fsp3) is 0.765. The fourth-order valence-electron chi connectivity index (χ4n) is 3.40. The van der Waals surface area contributed by atoms with Crippen LogP contribution in [-0.4, -0.2) is 47.5 Å². The van der Waals surface area contributed by atoms with E-state index >= 15 is 0 Å². The molecule has 0 bridgehead atoms. The van der Waals surface area contributed by atoms with Gasteiger partial charge in [0.25, 0.3) is 5.91 Å². The van der Waals surface area contributed by atoms with Crippen molar-refractivity contribution >= 4 is 5.91 Å². The van der Waals surface area contributed by atoms with Crippen molar-refractivity contribution in [2.75, 3.05) is 19.7 Å². The molecule has 3 atom stereocenters. The van der Waals surface area contributed by atoms with Gasteiger partial charge in [0.15, 0.2) is 0 Å². The molecule has 6 heteroatoms. The Morgan fingerprint density at radius 1 is 1.48 bits per heavy atom. The van der Waals surface area contributed by atoms with E-state index in [0.717, 1.165) is 45.4 Å².